The molecule has 0 radical (unpaired) electrons. The van der Waals surface area contributed by atoms with Gasteiger partial charge in [-0.15, -0.1) is 13.2 Å². The molecule has 0 aliphatic rings. The monoisotopic (exact) mass is 287 g/mol. The lowest BCUT2D eigenvalue weighted by Gasteiger charge is -2.14. The number of halogens is 5. The Kier molecular flexibility index (Phi) is 3.43. The Balaban J connectivity index is 3.18. The van der Waals surface area contributed by atoms with E-state index in [0.717, 1.165) is 6.07 Å². The van der Waals surface area contributed by atoms with Crippen molar-refractivity contribution in [3.63, 3.8) is 0 Å². The van der Waals surface area contributed by atoms with Gasteiger partial charge in [0.1, 0.15) is 11.5 Å². The molecule has 0 unspecified atom stereocenters. The molecule has 15 heavy (non-hydrogen) atoms. The molecule has 0 bridgehead atoms. The second-order valence-electron chi connectivity index (χ2n) is 2.63. The van der Waals surface area contributed by atoms with Crippen molar-refractivity contribution in [2.45, 2.75) is 11.7 Å². The Morgan fingerprint density at radius 1 is 1.33 bits per heavy atom. The van der Waals surface area contributed by atoms with Crippen molar-refractivity contribution in [1.82, 2.24) is 0 Å². The van der Waals surface area contributed by atoms with Crippen molar-refractivity contribution in [1.29, 1.82) is 0 Å². The molecule has 0 atom stereocenters. The van der Waals surface area contributed by atoms with Gasteiger partial charge in [-0.1, -0.05) is 22.0 Å². The summed E-state index contributed by atoms with van der Waals surface area (Å²) < 4.78 is 52.4. The highest BCUT2D eigenvalue weighted by Gasteiger charge is 2.33. The minimum atomic E-state index is -4.89. The third-order valence-electron chi connectivity index (χ3n) is 1.59. The fourth-order valence-electron chi connectivity index (χ4n) is 0.962. The zero-order valence-corrected chi connectivity index (χ0v) is 8.82. The Labute approximate surface area is 91.1 Å². The molecule has 0 heterocycles. The van der Waals surface area contributed by atoms with Crippen LogP contribution in [0.3, 0.4) is 0 Å². The van der Waals surface area contributed by atoms with E-state index in [4.69, 9.17) is 5.73 Å². The SMILES string of the molecule is Nc1c(F)ccc(CBr)c1OC(F)(F)F. The van der Waals surface area contributed by atoms with Crippen LogP contribution in [-0.2, 0) is 5.33 Å². The first-order valence-electron chi connectivity index (χ1n) is 3.73. The molecule has 0 saturated carbocycles. The molecule has 2 N–H and O–H groups in total. The topological polar surface area (TPSA) is 35.2 Å². The maximum Gasteiger partial charge on any atom is 0.573 e. The summed E-state index contributed by atoms with van der Waals surface area (Å²) in [7, 11) is 0. The van der Waals surface area contributed by atoms with Crippen molar-refractivity contribution >= 4 is 21.6 Å². The predicted molar refractivity (Wildman–Crippen MR) is 50.1 cm³/mol. The smallest absolute Gasteiger partial charge is 0.403 e. The Morgan fingerprint density at radius 3 is 2.40 bits per heavy atom. The van der Waals surface area contributed by atoms with Crippen LogP contribution in [0.5, 0.6) is 5.75 Å². The van der Waals surface area contributed by atoms with Crippen molar-refractivity contribution in [2.24, 2.45) is 0 Å². The van der Waals surface area contributed by atoms with Gasteiger partial charge >= 0.3 is 6.36 Å². The van der Waals surface area contributed by atoms with Gasteiger partial charge in [-0.2, -0.15) is 0 Å². The number of ether oxygens (including phenoxy) is 1. The van der Waals surface area contributed by atoms with Gasteiger partial charge in [-0.05, 0) is 6.07 Å². The maximum atomic E-state index is 12.9. The Bertz CT molecular complexity index is 366. The highest BCUT2D eigenvalue weighted by Crippen LogP contribution is 2.34. The third-order valence-corrected chi connectivity index (χ3v) is 2.19. The summed E-state index contributed by atoms with van der Waals surface area (Å²) in [6.45, 7) is 0. The highest BCUT2D eigenvalue weighted by molar-refractivity contribution is 9.08. The van der Waals surface area contributed by atoms with E-state index in [-0.39, 0.29) is 10.9 Å². The second kappa shape index (κ2) is 4.26. The third kappa shape index (κ3) is 2.98. The normalized spacial score (nSPS) is 11.5. The summed E-state index contributed by atoms with van der Waals surface area (Å²) in [5.74, 6) is -1.64. The number of hydrogen-bond donors (Lipinski definition) is 1. The average molecular weight is 288 g/mol. The van der Waals surface area contributed by atoms with Crippen LogP contribution in [0, 0.1) is 5.82 Å². The van der Waals surface area contributed by atoms with Crippen molar-refractivity contribution in [3.05, 3.63) is 23.5 Å². The van der Waals surface area contributed by atoms with Crippen LogP contribution < -0.4 is 10.5 Å². The number of benzene rings is 1. The van der Waals surface area contributed by atoms with Gasteiger partial charge in [0.2, 0.25) is 0 Å². The van der Waals surface area contributed by atoms with Crippen LogP contribution in [0.4, 0.5) is 23.2 Å². The first-order chi connectivity index (χ1) is 6.85. The number of anilines is 1. The molecular formula is C8H6BrF4NO. The molecule has 1 aromatic carbocycles. The fourth-order valence-corrected chi connectivity index (χ4v) is 1.40. The first-order valence-corrected chi connectivity index (χ1v) is 4.86. The van der Waals surface area contributed by atoms with E-state index in [0.29, 0.717) is 0 Å². The van der Waals surface area contributed by atoms with E-state index >= 15 is 0 Å². The first kappa shape index (κ1) is 12.1. The van der Waals surface area contributed by atoms with E-state index in [1.807, 2.05) is 0 Å². The van der Waals surface area contributed by atoms with Crippen LogP contribution in [0.25, 0.3) is 0 Å². The van der Waals surface area contributed by atoms with Gasteiger partial charge in [0, 0.05) is 10.9 Å². The van der Waals surface area contributed by atoms with Crippen LogP contribution >= 0.6 is 15.9 Å². The van der Waals surface area contributed by atoms with Gasteiger partial charge in [0.25, 0.3) is 0 Å². The number of hydrogen-bond acceptors (Lipinski definition) is 2. The molecule has 0 spiro atoms. The minimum absolute atomic E-state index is 0.0862. The number of nitrogens with two attached hydrogens (primary N) is 1. The number of nitrogen functional groups attached to an aromatic ring is 1. The number of rotatable bonds is 2. The van der Waals surface area contributed by atoms with Gasteiger partial charge in [-0.3, -0.25) is 0 Å². The lowest BCUT2D eigenvalue weighted by Crippen LogP contribution is -2.19. The van der Waals surface area contributed by atoms with Crippen LogP contribution in [0.1, 0.15) is 5.56 Å². The summed E-state index contributed by atoms with van der Waals surface area (Å²) in [5.41, 5.74) is 4.63. The van der Waals surface area contributed by atoms with E-state index in [2.05, 4.69) is 20.7 Å². The molecule has 0 aliphatic heterocycles. The zero-order chi connectivity index (χ0) is 11.6. The van der Waals surface area contributed by atoms with Crippen LogP contribution in [0.2, 0.25) is 0 Å². The Morgan fingerprint density at radius 2 is 1.93 bits per heavy atom. The van der Waals surface area contributed by atoms with E-state index in [1.165, 1.54) is 6.07 Å². The quantitative estimate of drug-likeness (QED) is 0.515. The van der Waals surface area contributed by atoms with Crippen LogP contribution in [-0.4, -0.2) is 6.36 Å². The zero-order valence-electron chi connectivity index (χ0n) is 7.24. The van der Waals surface area contributed by atoms with E-state index < -0.39 is 23.6 Å². The Hall–Kier alpha value is -0.980. The molecular weight excluding hydrogens is 282 g/mol. The van der Waals surface area contributed by atoms with Gasteiger partial charge in [0.05, 0.1) is 0 Å². The number of alkyl halides is 4. The summed E-state index contributed by atoms with van der Waals surface area (Å²) >= 11 is 2.95. The molecule has 0 saturated heterocycles. The van der Waals surface area contributed by atoms with Crippen LogP contribution in [0.15, 0.2) is 12.1 Å². The molecule has 0 amide bonds. The lowest BCUT2D eigenvalue weighted by atomic mass is 10.2. The fraction of sp³-hybridized carbons (Fsp3) is 0.250. The summed E-state index contributed by atoms with van der Waals surface area (Å²) in [5, 5.41) is 0.0862. The van der Waals surface area contributed by atoms with Gasteiger partial charge < -0.3 is 10.5 Å². The van der Waals surface area contributed by atoms with Crippen molar-refractivity contribution in [3.8, 4) is 5.75 Å². The average Bonchev–Trinajstić information content (AvgIpc) is 2.11. The molecule has 1 rings (SSSR count). The molecule has 2 nitrogen and oxygen atoms in total. The highest BCUT2D eigenvalue weighted by atomic mass is 79.9. The predicted octanol–water partition coefficient (Wildman–Crippen LogP) is 3.20. The summed E-state index contributed by atoms with van der Waals surface area (Å²) in [6.07, 6.45) is -4.89. The van der Waals surface area contributed by atoms with E-state index in [9.17, 15) is 17.6 Å². The van der Waals surface area contributed by atoms with Crippen molar-refractivity contribution < 1.29 is 22.3 Å². The maximum absolute atomic E-state index is 12.9. The second-order valence-corrected chi connectivity index (χ2v) is 3.19. The summed E-state index contributed by atoms with van der Waals surface area (Å²) in [4.78, 5) is 0. The van der Waals surface area contributed by atoms with E-state index in [1.54, 1.807) is 0 Å². The van der Waals surface area contributed by atoms with Gasteiger partial charge in [0.15, 0.2) is 5.75 Å². The standard InChI is InChI=1S/C8H6BrF4NO/c9-3-4-1-2-5(10)6(14)7(4)15-8(11,12)13/h1-2H,3,14H2. The molecule has 7 heteroatoms. The summed E-state index contributed by atoms with van der Waals surface area (Å²) in [6, 6.07) is 2.15. The molecule has 0 aromatic heterocycles. The lowest BCUT2D eigenvalue weighted by molar-refractivity contribution is -0.274. The molecule has 0 fully saturated rings. The minimum Gasteiger partial charge on any atom is -0.403 e. The molecule has 1 aromatic rings. The largest absolute Gasteiger partial charge is 0.573 e. The molecule has 0 aliphatic carbocycles. The van der Waals surface area contributed by atoms with Crippen molar-refractivity contribution in [2.75, 3.05) is 5.73 Å². The molecule has 84 valence electrons. The van der Waals surface area contributed by atoms with Gasteiger partial charge in [-0.25, -0.2) is 4.39 Å².